The SMILES string of the molecule is C[C@H](NC[C@@H]1CC[C@@H](C(=O)N(C)C)O1)c1ccccc1N(C)C. The monoisotopic (exact) mass is 319 g/mol. The summed E-state index contributed by atoms with van der Waals surface area (Å²) >= 11 is 0. The summed E-state index contributed by atoms with van der Waals surface area (Å²) in [6, 6.07) is 8.65. The number of hydrogen-bond donors (Lipinski definition) is 1. The number of ether oxygens (including phenoxy) is 1. The van der Waals surface area contributed by atoms with Gasteiger partial charge < -0.3 is 19.9 Å². The molecule has 0 saturated carbocycles. The number of rotatable bonds is 6. The minimum absolute atomic E-state index is 0.0681. The van der Waals surface area contributed by atoms with Crippen LogP contribution in [-0.4, -0.2) is 57.8 Å². The number of amides is 1. The molecule has 2 rings (SSSR count). The summed E-state index contributed by atoms with van der Waals surface area (Å²) < 4.78 is 5.88. The van der Waals surface area contributed by atoms with Crippen molar-refractivity contribution >= 4 is 11.6 Å². The number of benzene rings is 1. The minimum atomic E-state index is -0.277. The highest BCUT2D eigenvalue weighted by atomic mass is 16.5. The van der Waals surface area contributed by atoms with Crippen molar-refractivity contribution in [2.45, 2.75) is 38.0 Å². The fourth-order valence-electron chi connectivity index (χ4n) is 3.00. The van der Waals surface area contributed by atoms with E-state index in [9.17, 15) is 4.79 Å². The van der Waals surface area contributed by atoms with Gasteiger partial charge in [-0.2, -0.15) is 0 Å². The Labute approximate surface area is 139 Å². The van der Waals surface area contributed by atoms with Crippen LogP contribution in [0.3, 0.4) is 0 Å². The van der Waals surface area contributed by atoms with E-state index in [-0.39, 0.29) is 24.2 Å². The summed E-state index contributed by atoms with van der Waals surface area (Å²) in [6.07, 6.45) is 1.57. The van der Waals surface area contributed by atoms with Crippen LogP contribution in [0.5, 0.6) is 0 Å². The van der Waals surface area contributed by atoms with Crippen LogP contribution in [0.2, 0.25) is 0 Å². The maximum atomic E-state index is 11.9. The van der Waals surface area contributed by atoms with E-state index in [2.05, 4.69) is 55.5 Å². The standard InChI is InChI=1S/C18H29N3O2/c1-13(15-8-6-7-9-16(15)20(2)3)19-12-14-10-11-17(23-14)18(22)21(4)5/h6-9,13-14,17,19H,10-12H2,1-5H3/t13-,14-,17-/m0/s1. The lowest BCUT2D eigenvalue weighted by molar-refractivity contribution is -0.140. The largest absolute Gasteiger partial charge is 0.377 e. The molecule has 1 N–H and O–H groups in total. The molecule has 128 valence electrons. The van der Waals surface area contributed by atoms with Crippen molar-refractivity contribution in [2.75, 3.05) is 39.6 Å². The molecule has 0 unspecified atom stereocenters. The van der Waals surface area contributed by atoms with E-state index < -0.39 is 0 Å². The van der Waals surface area contributed by atoms with Gasteiger partial charge in [0.05, 0.1) is 6.10 Å². The van der Waals surface area contributed by atoms with E-state index in [1.165, 1.54) is 11.3 Å². The average molecular weight is 319 g/mol. The van der Waals surface area contributed by atoms with Gasteiger partial charge in [0.2, 0.25) is 0 Å². The number of nitrogens with zero attached hydrogens (tertiary/aromatic N) is 2. The van der Waals surface area contributed by atoms with E-state index in [1.54, 1.807) is 19.0 Å². The molecule has 5 nitrogen and oxygen atoms in total. The number of likely N-dealkylation sites (N-methyl/N-ethyl adjacent to an activating group) is 1. The van der Waals surface area contributed by atoms with Gasteiger partial charge in [-0.15, -0.1) is 0 Å². The quantitative estimate of drug-likeness (QED) is 0.871. The number of carbonyl (C=O) groups excluding carboxylic acids is 1. The maximum absolute atomic E-state index is 11.9. The lowest BCUT2D eigenvalue weighted by Crippen LogP contribution is -2.35. The molecule has 0 spiro atoms. The second-order valence-corrected chi connectivity index (χ2v) is 6.64. The predicted octanol–water partition coefficient (Wildman–Crippen LogP) is 2.04. The summed E-state index contributed by atoms with van der Waals surface area (Å²) in [6.45, 7) is 2.93. The number of carbonyl (C=O) groups is 1. The zero-order valence-corrected chi connectivity index (χ0v) is 14.9. The van der Waals surface area contributed by atoms with Crippen LogP contribution in [0.4, 0.5) is 5.69 Å². The predicted molar refractivity (Wildman–Crippen MR) is 93.8 cm³/mol. The average Bonchev–Trinajstić information content (AvgIpc) is 3.00. The Balaban J connectivity index is 1.89. The molecule has 1 aromatic carbocycles. The summed E-state index contributed by atoms with van der Waals surface area (Å²) in [4.78, 5) is 15.7. The van der Waals surface area contributed by atoms with Gasteiger partial charge in [0.1, 0.15) is 6.10 Å². The summed E-state index contributed by atoms with van der Waals surface area (Å²) in [5.41, 5.74) is 2.50. The Morgan fingerprint density at radius 1 is 1.26 bits per heavy atom. The number of para-hydroxylation sites is 1. The van der Waals surface area contributed by atoms with Crippen LogP contribution >= 0.6 is 0 Å². The molecular weight excluding hydrogens is 290 g/mol. The Morgan fingerprint density at radius 2 is 1.96 bits per heavy atom. The number of hydrogen-bond acceptors (Lipinski definition) is 4. The van der Waals surface area contributed by atoms with Crippen LogP contribution in [0.1, 0.15) is 31.4 Å². The van der Waals surface area contributed by atoms with Gasteiger partial charge in [0.25, 0.3) is 5.91 Å². The molecule has 1 heterocycles. The van der Waals surface area contributed by atoms with Crippen molar-refractivity contribution < 1.29 is 9.53 Å². The minimum Gasteiger partial charge on any atom is -0.377 e. The molecule has 3 atom stereocenters. The molecule has 1 aliphatic rings. The van der Waals surface area contributed by atoms with Gasteiger partial charge in [0.15, 0.2) is 0 Å². The molecule has 1 amide bonds. The molecular formula is C18H29N3O2. The normalized spacial score (nSPS) is 22.0. The van der Waals surface area contributed by atoms with Crippen LogP contribution in [0, 0.1) is 0 Å². The van der Waals surface area contributed by atoms with Gasteiger partial charge in [-0.1, -0.05) is 18.2 Å². The van der Waals surface area contributed by atoms with Crippen LogP contribution in [-0.2, 0) is 9.53 Å². The highest BCUT2D eigenvalue weighted by Gasteiger charge is 2.31. The van der Waals surface area contributed by atoms with Crippen LogP contribution < -0.4 is 10.2 Å². The van der Waals surface area contributed by atoms with Crippen LogP contribution in [0.25, 0.3) is 0 Å². The first-order valence-corrected chi connectivity index (χ1v) is 8.26. The first-order chi connectivity index (χ1) is 10.9. The van der Waals surface area contributed by atoms with Gasteiger partial charge in [-0.05, 0) is 31.4 Å². The molecule has 0 aliphatic carbocycles. The highest BCUT2D eigenvalue weighted by molar-refractivity contribution is 5.80. The summed E-state index contributed by atoms with van der Waals surface area (Å²) in [5, 5.41) is 3.55. The molecule has 1 saturated heterocycles. The zero-order chi connectivity index (χ0) is 17.0. The van der Waals surface area contributed by atoms with Crippen LogP contribution in [0.15, 0.2) is 24.3 Å². The van der Waals surface area contributed by atoms with E-state index in [1.807, 2.05) is 0 Å². The second kappa shape index (κ2) is 7.79. The molecule has 0 radical (unpaired) electrons. The fourth-order valence-corrected chi connectivity index (χ4v) is 3.00. The van der Waals surface area contributed by atoms with Gasteiger partial charge in [-0.25, -0.2) is 0 Å². The van der Waals surface area contributed by atoms with E-state index >= 15 is 0 Å². The third-order valence-corrected chi connectivity index (χ3v) is 4.36. The topological polar surface area (TPSA) is 44.8 Å². The van der Waals surface area contributed by atoms with E-state index in [4.69, 9.17) is 4.74 Å². The molecule has 1 aromatic rings. The van der Waals surface area contributed by atoms with E-state index in [0.717, 1.165) is 19.4 Å². The van der Waals surface area contributed by atoms with Crippen molar-refractivity contribution in [3.05, 3.63) is 29.8 Å². The Hall–Kier alpha value is -1.59. The molecule has 23 heavy (non-hydrogen) atoms. The molecule has 5 heteroatoms. The number of anilines is 1. The van der Waals surface area contributed by atoms with Crippen molar-refractivity contribution in [3.63, 3.8) is 0 Å². The Morgan fingerprint density at radius 3 is 2.61 bits per heavy atom. The van der Waals surface area contributed by atoms with Gasteiger partial charge in [-0.3, -0.25) is 4.79 Å². The molecule has 1 fully saturated rings. The van der Waals surface area contributed by atoms with Gasteiger partial charge in [0, 0.05) is 46.5 Å². The third kappa shape index (κ3) is 4.45. The van der Waals surface area contributed by atoms with Crippen molar-refractivity contribution in [1.82, 2.24) is 10.2 Å². The maximum Gasteiger partial charge on any atom is 0.251 e. The first-order valence-electron chi connectivity index (χ1n) is 8.26. The number of nitrogens with one attached hydrogen (secondary N) is 1. The first kappa shape index (κ1) is 17.8. The van der Waals surface area contributed by atoms with E-state index in [0.29, 0.717) is 0 Å². The fraction of sp³-hybridized carbons (Fsp3) is 0.611. The highest BCUT2D eigenvalue weighted by Crippen LogP contribution is 2.26. The molecule has 1 aliphatic heterocycles. The Kier molecular flexibility index (Phi) is 6.02. The lowest BCUT2D eigenvalue weighted by atomic mass is 10.0. The molecule has 0 aromatic heterocycles. The lowest BCUT2D eigenvalue weighted by Gasteiger charge is -2.24. The third-order valence-electron chi connectivity index (χ3n) is 4.36. The summed E-state index contributed by atoms with van der Waals surface area (Å²) in [7, 11) is 7.67. The smallest absolute Gasteiger partial charge is 0.251 e. The molecule has 0 bridgehead atoms. The van der Waals surface area contributed by atoms with Gasteiger partial charge >= 0.3 is 0 Å². The van der Waals surface area contributed by atoms with Crippen molar-refractivity contribution in [1.29, 1.82) is 0 Å². The zero-order valence-electron chi connectivity index (χ0n) is 14.9. The summed E-state index contributed by atoms with van der Waals surface area (Å²) in [5.74, 6) is 0.0681. The van der Waals surface area contributed by atoms with Crippen molar-refractivity contribution in [2.24, 2.45) is 0 Å². The Bertz CT molecular complexity index is 531. The second-order valence-electron chi connectivity index (χ2n) is 6.64. The van der Waals surface area contributed by atoms with Crippen molar-refractivity contribution in [3.8, 4) is 0 Å².